The predicted octanol–water partition coefficient (Wildman–Crippen LogP) is 6.02. The normalized spacial score (nSPS) is 11.4. The van der Waals surface area contributed by atoms with E-state index in [1.54, 1.807) is 31.0 Å². The largest absolute Gasteiger partial charge is 0.497 e. The maximum atomic E-state index is 12.1. The Morgan fingerprint density at radius 2 is 1.97 bits per heavy atom. The average molecular weight is 423 g/mol. The van der Waals surface area contributed by atoms with E-state index >= 15 is 0 Å². The van der Waals surface area contributed by atoms with Gasteiger partial charge < -0.3 is 13.7 Å². The van der Waals surface area contributed by atoms with E-state index in [1.165, 1.54) is 24.8 Å². The quantitative estimate of drug-likeness (QED) is 0.187. The number of fused-ring (bicyclic) bond motifs is 2. The highest BCUT2D eigenvalue weighted by atomic mass is 32.2. The molecule has 0 bridgehead atoms. The number of para-hydroxylation sites is 2. The summed E-state index contributed by atoms with van der Waals surface area (Å²) < 4.78 is 12.9. The van der Waals surface area contributed by atoms with Crippen LogP contribution < -0.4 is 10.4 Å². The molecule has 0 fully saturated rings. The molecule has 0 saturated carbocycles. The van der Waals surface area contributed by atoms with Gasteiger partial charge in [-0.05, 0) is 36.2 Å². The van der Waals surface area contributed by atoms with Crippen LogP contribution in [0, 0.1) is 0 Å². The third-order valence-corrected chi connectivity index (χ3v) is 6.27. The average Bonchev–Trinajstić information content (AvgIpc) is 3.12. The van der Waals surface area contributed by atoms with Crippen LogP contribution in [0.25, 0.3) is 22.0 Å². The van der Waals surface area contributed by atoms with E-state index in [4.69, 9.17) is 14.1 Å². The summed E-state index contributed by atoms with van der Waals surface area (Å²) >= 11 is 1.66. The molecule has 6 heteroatoms. The van der Waals surface area contributed by atoms with Crippen molar-refractivity contribution >= 4 is 33.8 Å². The lowest BCUT2D eigenvalue weighted by atomic mass is 10.1. The number of imidazole rings is 1. The number of methoxy groups -OCH3 is 1. The van der Waals surface area contributed by atoms with Crippen molar-refractivity contribution < 1.29 is 9.15 Å². The standard InChI is InChI=1S/C24H26N2O3S/c1-3-4-5-8-13-26-21-10-7-6-9-20(21)25-24(26)30-16-17-14-23(27)29-22-15-18(28-2)11-12-19(17)22/h6-7,9-12,14-15H,3-5,8,13,16H2,1-2H3. The molecule has 0 radical (unpaired) electrons. The maximum Gasteiger partial charge on any atom is 0.336 e. The van der Waals surface area contributed by atoms with E-state index in [1.807, 2.05) is 18.2 Å². The van der Waals surface area contributed by atoms with Gasteiger partial charge in [0.2, 0.25) is 0 Å². The second-order valence-corrected chi connectivity index (χ2v) is 8.28. The fourth-order valence-corrected chi connectivity index (χ4v) is 4.71. The molecule has 0 aliphatic carbocycles. The summed E-state index contributed by atoms with van der Waals surface area (Å²) in [5.41, 5.74) is 3.32. The molecule has 0 atom stereocenters. The molecule has 4 rings (SSSR count). The fourth-order valence-electron chi connectivity index (χ4n) is 3.68. The number of nitrogens with zero attached hydrogens (tertiary/aromatic N) is 2. The van der Waals surface area contributed by atoms with Crippen molar-refractivity contribution in [2.45, 2.75) is 50.1 Å². The van der Waals surface area contributed by atoms with Crippen LogP contribution in [0.5, 0.6) is 5.75 Å². The number of ether oxygens (including phenoxy) is 1. The highest BCUT2D eigenvalue weighted by molar-refractivity contribution is 7.98. The van der Waals surface area contributed by atoms with Crippen LogP contribution in [-0.4, -0.2) is 16.7 Å². The Labute approximate surface area is 180 Å². The topological polar surface area (TPSA) is 57.3 Å². The van der Waals surface area contributed by atoms with E-state index in [0.29, 0.717) is 17.1 Å². The van der Waals surface area contributed by atoms with Crippen molar-refractivity contribution in [2.24, 2.45) is 0 Å². The van der Waals surface area contributed by atoms with Crippen LogP contribution in [0.2, 0.25) is 0 Å². The van der Waals surface area contributed by atoms with Crippen molar-refractivity contribution in [3.8, 4) is 5.75 Å². The first-order valence-corrected chi connectivity index (χ1v) is 11.4. The van der Waals surface area contributed by atoms with Crippen LogP contribution in [0.3, 0.4) is 0 Å². The molecule has 5 nitrogen and oxygen atoms in total. The highest BCUT2D eigenvalue weighted by Gasteiger charge is 2.13. The van der Waals surface area contributed by atoms with Gasteiger partial charge >= 0.3 is 5.63 Å². The molecule has 0 aliphatic rings. The highest BCUT2D eigenvalue weighted by Crippen LogP contribution is 2.30. The van der Waals surface area contributed by atoms with E-state index in [0.717, 1.165) is 34.6 Å². The van der Waals surface area contributed by atoms with E-state index in [2.05, 4.69) is 29.7 Å². The zero-order valence-electron chi connectivity index (χ0n) is 17.4. The molecule has 4 aromatic rings. The zero-order chi connectivity index (χ0) is 20.9. The smallest absolute Gasteiger partial charge is 0.336 e. The Kier molecular flexibility index (Phi) is 6.43. The number of thioether (sulfide) groups is 1. The van der Waals surface area contributed by atoms with Crippen molar-refractivity contribution in [3.05, 3.63) is 64.5 Å². The molecule has 30 heavy (non-hydrogen) atoms. The van der Waals surface area contributed by atoms with Gasteiger partial charge in [0.1, 0.15) is 11.3 Å². The lowest BCUT2D eigenvalue weighted by Crippen LogP contribution is -2.02. The van der Waals surface area contributed by atoms with Gasteiger partial charge in [-0.2, -0.15) is 0 Å². The molecule has 0 N–H and O–H groups in total. The minimum absolute atomic E-state index is 0.348. The van der Waals surface area contributed by atoms with Crippen LogP contribution in [0.1, 0.15) is 38.2 Å². The van der Waals surface area contributed by atoms with Crippen LogP contribution in [-0.2, 0) is 12.3 Å². The molecule has 0 amide bonds. The van der Waals surface area contributed by atoms with Crippen LogP contribution in [0.15, 0.2) is 62.9 Å². The van der Waals surface area contributed by atoms with Gasteiger partial charge in [0, 0.05) is 29.8 Å². The summed E-state index contributed by atoms with van der Waals surface area (Å²) in [5, 5.41) is 1.91. The summed E-state index contributed by atoms with van der Waals surface area (Å²) in [5.74, 6) is 1.32. The van der Waals surface area contributed by atoms with E-state index in [9.17, 15) is 4.79 Å². The van der Waals surface area contributed by atoms with Gasteiger partial charge in [0.15, 0.2) is 5.16 Å². The van der Waals surface area contributed by atoms with E-state index < -0.39 is 0 Å². The first kappa shape index (κ1) is 20.5. The molecule has 0 unspecified atom stereocenters. The third-order valence-electron chi connectivity index (χ3n) is 5.25. The second kappa shape index (κ2) is 9.39. The number of rotatable bonds is 9. The van der Waals surface area contributed by atoms with Crippen molar-refractivity contribution in [2.75, 3.05) is 7.11 Å². The summed E-state index contributed by atoms with van der Waals surface area (Å²) in [6.07, 6.45) is 4.84. The van der Waals surface area contributed by atoms with Gasteiger partial charge in [-0.15, -0.1) is 0 Å². The number of aromatic nitrogens is 2. The van der Waals surface area contributed by atoms with Crippen molar-refractivity contribution in [1.29, 1.82) is 0 Å². The van der Waals surface area contributed by atoms with Gasteiger partial charge in [-0.1, -0.05) is 50.1 Å². The number of unbranched alkanes of at least 4 members (excludes halogenated alkanes) is 3. The number of hydrogen-bond donors (Lipinski definition) is 0. The zero-order valence-corrected chi connectivity index (χ0v) is 18.2. The van der Waals surface area contributed by atoms with Gasteiger partial charge in [0.05, 0.1) is 18.1 Å². The van der Waals surface area contributed by atoms with Crippen LogP contribution >= 0.6 is 11.8 Å². The molecule has 156 valence electrons. The molecule has 2 aromatic heterocycles. The van der Waals surface area contributed by atoms with E-state index in [-0.39, 0.29) is 5.63 Å². The molecule has 0 saturated heterocycles. The lowest BCUT2D eigenvalue weighted by Gasteiger charge is -2.10. The molecule has 2 heterocycles. The number of hydrogen-bond acceptors (Lipinski definition) is 5. The van der Waals surface area contributed by atoms with Crippen LogP contribution in [0.4, 0.5) is 0 Å². The van der Waals surface area contributed by atoms with Crippen molar-refractivity contribution in [1.82, 2.24) is 9.55 Å². The van der Waals surface area contributed by atoms with Gasteiger partial charge in [-0.3, -0.25) is 0 Å². The minimum Gasteiger partial charge on any atom is -0.497 e. The van der Waals surface area contributed by atoms with Crippen molar-refractivity contribution in [3.63, 3.8) is 0 Å². The Hall–Kier alpha value is -2.73. The second-order valence-electron chi connectivity index (χ2n) is 7.34. The minimum atomic E-state index is -0.348. The Morgan fingerprint density at radius 3 is 2.80 bits per heavy atom. The SMILES string of the molecule is CCCCCCn1c(SCc2cc(=O)oc3cc(OC)ccc23)nc2ccccc21. The Bertz CT molecular complexity index is 1210. The lowest BCUT2D eigenvalue weighted by molar-refractivity contribution is 0.414. The first-order chi connectivity index (χ1) is 14.7. The molecule has 0 spiro atoms. The Morgan fingerprint density at radius 1 is 1.10 bits per heavy atom. The molecule has 0 aliphatic heterocycles. The maximum absolute atomic E-state index is 12.1. The summed E-state index contributed by atoms with van der Waals surface area (Å²) in [4.78, 5) is 16.9. The molecule has 2 aromatic carbocycles. The summed E-state index contributed by atoms with van der Waals surface area (Å²) in [6, 6.07) is 15.4. The number of benzene rings is 2. The summed E-state index contributed by atoms with van der Waals surface area (Å²) in [7, 11) is 1.60. The predicted molar refractivity (Wildman–Crippen MR) is 122 cm³/mol. The van der Waals surface area contributed by atoms with Gasteiger partial charge in [-0.25, -0.2) is 9.78 Å². The molecular formula is C24H26N2O3S. The first-order valence-electron chi connectivity index (χ1n) is 10.4. The fraction of sp³-hybridized carbons (Fsp3) is 0.333. The van der Waals surface area contributed by atoms with Gasteiger partial charge in [0.25, 0.3) is 0 Å². The number of aryl methyl sites for hydroxylation is 1. The monoisotopic (exact) mass is 422 g/mol. The Balaban J connectivity index is 1.62. The molecular weight excluding hydrogens is 396 g/mol. The summed E-state index contributed by atoms with van der Waals surface area (Å²) in [6.45, 7) is 3.18. The third kappa shape index (κ3) is 4.38.